The summed E-state index contributed by atoms with van der Waals surface area (Å²) in [5.41, 5.74) is 0.641. The highest BCUT2D eigenvalue weighted by atomic mass is 31.2. The van der Waals surface area contributed by atoms with E-state index < -0.39 is 82.4 Å². The van der Waals surface area contributed by atoms with E-state index in [9.17, 15) is 33.4 Å². The van der Waals surface area contributed by atoms with Crippen LogP contribution in [0.5, 0.6) is 0 Å². The molecule has 0 bridgehead atoms. The fourth-order valence-electron chi connectivity index (χ4n) is 3.92. The van der Waals surface area contributed by atoms with E-state index in [1.54, 1.807) is 30.3 Å². The number of phosphoric acid groups is 1. The number of ether oxygens (including phenoxy) is 4. The zero-order chi connectivity index (χ0) is 26.7. The van der Waals surface area contributed by atoms with Crippen molar-refractivity contribution in [1.29, 1.82) is 0 Å². The summed E-state index contributed by atoms with van der Waals surface area (Å²) in [4.78, 5) is 52.1. The average molecular weight is 553 g/mol. The first-order valence-electron chi connectivity index (χ1n) is 10.9. The van der Waals surface area contributed by atoms with Crippen LogP contribution in [0, 0.1) is 5.92 Å². The Kier molecular flexibility index (Phi) is 9.45. The number of benzene rings is 1. The van der Waals surface area contributed by atoms with Crippen molar-refractivity contribution >= 4 is 27.1 Å². The zero-order valence-corrected chi connectivity index (χ0v) is 21.2. The quantitative estimate of drug-likeness (QED) is 0.254. The molecular weight excluding hydrogens is 524 g/mol. The molecule has 0 radical (unpaired) electrons. The van der Waals surface area contributed by atoms with Crippen molar-refractivity contribution in [1.82, 2.24) is 5.32 Å². The van der Waals surface area contributed by atoms with Crippen LogP contribution in [0.25, 0.3) is 0 Å². The van der Waals surface area contributed by atoms with Crippen LogP contribution in [0.15, 0.2) is 30.3 Å². The van der Waals surface area contributed by atoms with Crippen molar-refractivity contribution in [3.05, 3.63) is 35.9 Å². The lowest BCUT2D eigenvalue weighted by atomic mass is 9.95. The van der Waals surface area contributed by atoms with Gasteiger partial charge in [-0.3, -0.25) is 18.7 Å². The minimum absolute atomic E-state index is 0.120. The molecule has 0 spiro atoms. The summed E-state index contributed by atoms with van der Waals surface area (Å²) in [6.07, 6.45) is -7.34. The lowest BCUT2D eigenvalue weighted by Gasteiger charge is -2.49. The van der Waals surface area contributed by atoms with Gasteiger partial charge in [-0.05, 0) is 0 Å². The number of rotatable bonds is 10. The molecule has 0 saturated carbocycles. The molecule has 14 nitrogen and oxygen atoms in total. The summed E-state index contributed by atoms with van der Waals surface area (Å²) in [5, 5.41) is 11.5. The molecule has 2 saturated heterocycles. The molecule has 3 rings (SSSR count). The minimum Gasteiger partial charge on any atom is -0.481 e. The number of carbonyl (C=O) groups excluding carboxylic acids is 1. The number of amides is 1. The highest BCUT2D eigenvalue weighted by Crippen LogP contribution is 2.46. The first-order valence-corrected chi connectivity index (χ1v) is 14.5. The number of aliphatic carboxylic acids is 1. The Morgan fingerprint density at radius 3 is 2.42 bits per heavy atom. The minimum atomic E-state index is -5.11. The highest BCUT2D eigenvalue weighted by molar-refractivity contribution is 7.57. The number of hydrogen-bond acceptors (Lipinski definition) is 9. The van der Waals surface area contributed by atoms with Gasteiger partial charge in [0, 0.05) is 18.6 Å². The van der Waals surface area contributed by atoms with Gasteiger partial charge in [-0.25, -0.2) is 4.57 Å². The fraction of sp³-hybridized carbons (Fsp3) is 0.600. The Bertz CT molecular complexity index is 1020. The van der Waals surface area contributed by atoms with Crippen molar-refractivity contribution < 1.29 is 62.0 Å². The van der Waals surface area contributed by atoms with Crippen LogP contribution in [-0.2, 0) is 42.2 Å². The van der Waals surface area contributed by atoms with Crippen LogP contribution in [0.1, 0.15) is 25.7 Å². The Balaban J connectivity index is 1.90. The monoisotopic (exact) mass is 553 g/mol. The smallest absolute Gasteiger partial charge is 0.472 e. The summed E-state index contributed by atoms with van der Waals surface area (Å²) in [6.45, 7) is 2.29. The van der Waals surface area contributed by atoms with Gasteiger partial charge < -0.3 is 44.1 Å². The molecule has 0 aliphatic carbocycles. The SMILES string of the molecule is CC(=O)N[C@H]1[C@@H](OP(=O)(O)O)O[C@@H]2COC(c3ccccc3)O[C@H]2[C@@H]1OCP(=O)(O)CC(C)C(=O)O. The molecule has 0 aromatic heterocycles. The van der Waals surface area contributed by atoms with E-state index in [-0.39, 0.29) is 6.61 Å². The molecule has 16 heteroatoms. The van der Waals surface area contributed by atoms with Crippen LogP contribution < -0.4 is 5.32 Å². The highest BCUT2D eigenvalue weighted by Gasteiger charge is 2.53. The van der Waals surface area contributed by atoms with E-state index >= 15 is 0 Å². The van der Waals surface area contributed by atoms with Crippen LogP contribution in [0.2, 0.25) is 0 Å². The van der Waals surface area contributed by atoms with Gasteiger partial charge in [-0.2, -0.15) is 0 Å². The third-order valence-corrected chi connectivity index (χ3v) is 7.62. The van der Waals surface area contributed by atoms with Crippen molar-refractivity contribution in [2.45, 2.75) is 50.8 Å². The topological polar surface area (TPSA) is 207 Å². The summed E-state index contributed by atoms with van der Waals surface area (Å²) in [6, 6.07) is 7.42. The third-order valence-electron chi connectivity index (χ3n) is 5.47. The second-order valence-corrected chi connectivity index (χ2v) is 12.1. The lowest BCUT2D eigenvalue weighted by Crippen LogP contribution is -2.67. The summed E-state index contributed by atoms with van der Waals surface area (Å²) >= 11 is 0. The molecule has 202 valence electrons. The molecule has 2 aliphatic heterocycles. The maximum absolute atomic E-state index is 12.7. The predicted octanol–water partition coefficient (Wildman–Crippen LogP) is 0.773. The molecule has 1 aromatic rings. The Morgan fingerprint density at radius 2 is 1.83 bits per heavy atom. The van der Waals surface area contributed by atoms with Crippen LogP contribution >= 0.6 is 15.2 Å². The number of hydrogen-bond donors (Lipinski definition) is 5. The normalized spacial score (nSPS) is 31.0. The van der Waals surface area contributed by atoms with Crippen LogP contribution in [0.3, 0.4) is 0 Å². The van der Waals surface area contributed by atoms with E-state index in [0.717, 1.165) is 6.92 Å². The van der Waals surface area contributed by atoms with E-state index in [1.165, 1.54) is 6.92 Å². The molecule has 5 N–H and O–H groups in total. The van der Waals surface area contributed by atoms with Gasteiger partial charge in [0.05, 0.1) is 12.5 Å². The van der Waals surface area contributed by atoms with Gasteiger partial charge in [-0.15, -0.1) is 0 Å². The lowest BCUT2D eigenvalue weighted by molar-refractivity contribution is -0.338. The van der Waals surface area contributed by atoms with Gasteiger partial charge in [0.25, 0.3) is 0 Å². The first-order chi connectivity index (χ1) is 16.8. The first kappa shape index (κ1) is 28.9. The van der Waals surface area contributed by atoms with Crippen molar-refractivity contribution in [3.63, 3.8) is 0 Å². The summed E-state index contributed by atoms with van der Waals surface area (Å²) in [7, 11) is -9.26. The molecule has 36 heavy (non-hydrogen) atoms. The Hall–Kier alpha value is -1.70. The largest absolute Gasteiger partial charge is 0.481 e. The zero-order valence-electron chi connectivity index (χ0n) is 19.4. The number of carboxylic acid groups (broad SMARTS) is 1. The number of carbonyl (C=O) groups is 2. The van der Waals surface area contributed by atoms with Gasteiger partial charge in [0.1, 0.15) is 30.7 Å². The molecule has 8 atom stereocenters. The van der Waals surface area contributed by atoms with Crippen LogP contribution in [-0.4, -0.2) is 81.4 Å². The summed E-state index contributed by atoms with van der Waals surface area (Å²) < 4.78 is 52.1. The van der Waals surface area contributed by atoms with Gasteiger partial charge in [-0.1, -0.05) is 37.3 Å². The number of carboxylic acids is 1. The van der Waals surface area contributed by atoms with Gasteiger partial charge in [0.15, 0.2) is 12.6 Å². The maximum atomic E-state index is 12.7. The van der Waals surface area contributed by atoms with Crippen molar-refractivity contribution in [2.24, 2.45) is 5.92 Å². The number of phosphoric ester groups is 1. The van der Waals surface area contributed by atoms with Crippen molar-refractivity contribution in [2.75, 3.05) is 19.1 Å². The van der Waals surface area contributed by atoms with E-state index in [4.69, 9.17) is 28.6 Å². The van der Waals surface area contributed by atoms with Gasteiger partial charge in [0.2, 0.25) is 13.3 Å². The maximum Gasteiger partial charge on any atom is 0.472 e. The van der Waals surface area contributed by atoms with Gasteiger partial charge >= 0.3 is 13.8 Å². The second-order valence-electron chi connectivity index (χ2n) is 8.57. The van der Waals surface area contributed by atoms with E-state index in [0.29, 0.717) is 5.56 Å². The molecule has 1 aromatic carbocycles. The standard InChI is InChI=1S/C20H29NO13P2/c1-11(18(23)24)9-35(25,26)10-31-17-15(21-12(2)22)20(34-36(27,28)29)32-14-8-30-19(33-16(14)17)13-6-4-3-5-7-13/h3-7,11,14-17,19-20H,8-10H2,1-2H3,(H,21,22)(H,23,24)(H,25,26)(H2,27,28,29)/t11?,14-,15-,16-,17-,19?,20-/m1/s1. The third kappa shape index (κ3) is 7.90. The van der Waals surface area contributed by atoms with Crippen molar-refractivity contribution in [3.8, 4) is 0 Å². The van der Waals surface area contributed by atoms with E-state index in [1.807, 2.05) is 0 Å². The number of fused-ring (bicyclic) bond motifs is 1. The predicted molar refractivity (Wildman–Crippen MR) is 121 cm³/mol. The van der Waals surface area contributed by atoms with Crippen LogP contribution in [0.4, 0.5) is 0 Å². The molecule has 2 fully saturated rings. The Labute approximate surface area is 206 Å². The molecular formula is C20H29NO13P2. The second kappa shape index (κ2) is 11.8. The molecule has 1 amide bonds. The molecule has 2 aliphatic rings. The van der Waals surface area contributed by atoms with E-state index in [2.05, 4.69) is 5.32 Å². The fourth-order valence-corrected chi connectivity index (χ4v) is 5.90. The number of nitrogens with one attached hydrogen (secondary N) is 1. The molecule has 3 unspecified atom stereocenters. The Morgan fingerprint density at radius 1 is 1.17 bits per heavy atom. The average Bonchev–Trinajstić information content (AvgIpc) is 2.77. The summed E-state index contributed by atoms with van der Waals surface area (Å²) in [5.74, 6) is -3.03. The molecule has 2 heterocycles.